The summed E-state index contributed by atoms with van der Waals surface area (Å²) < 4.78 is 5.14. The molecule has 0 spiro atoms. The molecule has 0 aliphatic carbocycles. The minimum absolute atomic E-state index is 0.513. The number of para-hydroxylation sites is 1. The van der Waals surface area contributed by atoms with E-state index in [1.807, 2.05) is 18.2 Å². The normalized spacial score (nSPS) is 10.2. The summed E-state index contributed by atoms with van der Waals surface area (Å²) in [5.41, 5.74) is 3.26. The summed E-state index contributed by atoms with van der Waals surface area (Å²) in [6.07, 6.45) is 1.59. The maximum absolute atomic E-state index is 9.03. The highest BCUT2D eigenvalue weighted by Crippen LogP contribution is 2.27. The third-order valence-corrected chi connectivity index (χ3v) is 2.65. The van der Waals surface area contributed by atoms with E-state index < -0.39 is 0 Å². The molecule has 2 aromatic rings. The Kier molecular flexibility index (Phi) is 3.22. The Hall–Kier alpha value is -2.12. The average Bonchev–Trinajstić information content (AvgIpc) is 2.38. The topological polar surface area (TPSA) is 57.9 Å². The number of pyridine rings is 1. The molecular weight excluding hydrogens is 214 g/mol. The van der Waals surface area contributed by atoms with Crippen molar-refractivity contribution < 1.29 is 4.74 Å². The minimum atomic E-state index is 0.513. The molecule has 86 valence electrons. The van der Waals surface area contributed by atoms with E-state index in [1.54, 1.807) is 20.4 Å². The van der Waals surface area contributed by atoms with Gasteiger partial charge in [-0.15, -0.1) is 0 Å². The lowest BCUT2D eigenvalue weighted by atomic mass is 10.1. The van der Waals surface area contributed by atoms with E-state index in [2.05, 4.69) is 16.4 Å². The Morgan fingerprint density at radius 2 is 2.29 bits per heavy atom. The number of hydrogen-bond donors (Lipinski definition) is 1. The molecule has 17 heavy (non-hydrogen) atoms. The Morgan fingerprint density at radius 3 is 2.94 bits per heavy atom. The van der Waals surface area contributed by atoms with Crippen molar-refractivity contribution in [2.24, 2.45) is 0 Å². The van der Waals surface area contributed by atoms with Crippen LogP contribution >= 0.6 is 0 Å². The second-order valence-electron chi connectivity index (χ2n) is 3.65. The molecule has 1 aromatic carbocycles. The Morgan fingerprint density at radius 1 is 1.47 bits per heavy atom. The zero-order valence-corrected chi connectivity index (χ0v) is 9.82. The summed E-state index contributed by atoms with van der Waals surface area (Å²) in [6, 6.07) is 8.01. The number of aromatic nitrogens is 1. The first-order valence-corrected chi connectivity index (χ1v) is 5.29. The van der Waals surface area contributed by atoms with Crippen LogP contribution in [0.15, 0.2) is 24.4 Å². The quantitative estimate of drug-likeness (QED) is 0.874. The number of benzene rings is 1. The highest BCUT2D eigenvalue weighted by atomic mass is 16.5. The van der Waals surface area contributed by atoms with E-state index in [0.717, 1.165) is 22.2 Å². The Bertz CT molecular complexity index is 587. The summed E-state index contributed by atoms with van der Waals surface area (Å²) in [6.45, 7) is 0.513. The van der Waals surface area contributed by atoms with E-state index >= 15 is 0 Å². The van der Waals surface area contributed by atoms with E-state index in [-0.39, 0.29) is 0 Å². The van der Waals surface area contributed by atoms with Gasteiger partial charge in [0.1, 0.15) is 6.07 Å². The number of fused-ring (bicyclic) bond motifs is 1. The zero-order chi connectivity index (χ0) is 12.3. The van der Waals surface area contributed by atoms with Crippen molar-refractivity contribution in [2.75, 3.05) is 19.5 Å². The maximum atomic E-state index is 9.03. The molecule has 0 aliphatic heterocycles. The summed E-state index contributed by atoms with van der Waals surface area (Å²) in [5, 5.41) is 13.0. The zero-order valence-electron chi connectivity index (χ0n) is 9.82. The van der Waals surface area contributed by atoms with E-state index in [9.17, 15) is 0 Å². The van der Waals surface area contributed by atoms with E-state index in [0.29, 0.717) is 12.2 Å². The summed E-state index contributed by atoms with van der Waals surface area (Å²) >= 11 is 0. The standard InChI is InChI=1S/C13H13N3O/c1-15-12-10(6-14)7-16-13-9(8-17-2)4-3-5-11(12)13/h3-5,7H,8H2,1-2H3,(H,15,16). The third kappa shape index (κ3) is 1.93. The van der Waals surface area contributed by atoms with Crippen LogP contribution in [0.2, 0.25) is 0 Å². The number of nitrogens with one attached hydrogen (secondary N) is 1. The highest BCUT2D eigenvalue weighted by Gasteiger charge is 2.09. The van der Waals surface area contributed by atoms with Crippen molar-refractivity contribution >= 4 is 16.6 Å². The molecule has 4 heteroatoms. The first kappa shape index (κ1) is 11.4. The summed E-state index contributed by atoms with van der Waals surface area (Å²) in [7, 11) is 3.46. The smallest absolute Gasteiger partial charge is 0.103 e. The number of hydrogen-bond acceptors (Lipinski definition) is 4. The molecule has 0 unspecified atom stereocenters. The molecule has 0 amide bonds. The van der Waals surface area contributed by atoms with Crippen LogP contribution in [0.1, 0.15) is 11.1 Å². The predicted molar refractivity (Wildman–Crippen MR) is 66.7 cm³/mol. The minimum Gasteiger partial charge on any atom is -0.386 e. The van der Waals surface area contributed by atoms with Gasteiger partial charge in [-0.05, 0) is 0 Å². The second kappa shape index (κ2) is 4.81. The number of rotatable bonds is 3. The third-order valence-electron chi connectivity index (χ3n) is 2.65. The average molecular weight is 227 g/mol. The van der Waals surface area contributed by atoms with Crippen LogP contribution in [0.4, 0.5) is 5.69 Å². The van der Waals surface area contributed by atoms with Gasteiger partial charge in [-0.1, -0.05) is 18.2 Å². The monoisotopic (exact) mass is 227 g/mol. The largest absolute Gasteiger partial charge is 0.386 e. The molecule has 4 nitrogen and oxygen atoms in total. The molecule has 2 rings (SSSR count). The van der Waals surface area contributed by atoms with Crippen LogP contribution in [-0.4, -0.2) is 19.1 Å². The number of nitrogens with zero attached hydrogens (tertiary/aromatic N) is 2. The Balaban J connectivity index is 2.74. The molecule has 0 atom stereocenters. The van der Waals surface area contributed by atoms with Gasteiger partial charge in [0.15, 0.2) is 0 Å². The number of ether oxygens (including phenoxy) is 1. The van der Waals surface area contributed by atoms with Crippen molar-refractivity contribution in [3.05, 3.63) is 35.5 Å². The van der Waals surface area contributed by atoms with Crippen molar-refractivity contribution in [3.8, 4) is 6.07 Å². The van der Waals surface area contributed by atoms with Crippen molar-refractivity contribution in [1.82, 2.24) is 4.98 Å². The lowest BCUT2D eigenvalue weighted by Crippen LogP contribution is -1.98. The van der Waals surface area contributed by atoms with Gasteiger partial charge in [0.05, 0.1) is 23.4 Å². The first-order valence-electron chi connectivity index (χ1n) is 5.29. The fourth-order valence-corrected chi connectivity index (χ4v) is 1.91. The molecule has 0 saturated heterocycles. The molecule has 0 fully saturated rings. The predicted octanol–water partition coefficient (Wildman–Crippen LogP) is 2.29. The van der Waals surface area contributed by atoms with Gasteiger partial charge < -0.3 is 10.1 Å². The van der Waals surface area contributed by atoms with Crippen molar-refractivity contribution in [2.45, 2.75) is 6.61 Å². The van der Waals surface area contributed by atoms with Crippen LogP contribution in [0.25, 0.3) is 10.9 Å². The van der Waals surface area contributed by atoms with Crippen LogP contribution < -0.4 is 5.32 Å². The van der Waals surface area contributed by atoms with Gasteiger partial charge in [0.25, 0.3) is 0 Å². The Labute approximate surface area is 99.8 Å². The molecule has 0 aliphatic rings. The first-order chi connectivity index (χ1) is 8.31. The molecule has 0 saturated carbocycles. The van der Waals surface area contributed by atoms with Crippen LogP contribution in [0.3, 0.4) is 0 Å². The summed E-state index contributed by atoms with van der Waals surface area (Å²) in [4.78, 5) is 4.34. The van der Waals surface area contributed by atoms with Crippen molar-refractivity contribution in [3.63, 3.8) is 0 Å². The maximum Gasteiger partial charge on any atom is 0.103 e. The van der Waals surface area contributed by atoms with E-state index in [1.165, 1.54) is 0 Å². The van der Waals surface area contributed by atoms with Crippen LogP contribution in [0, 0.1) is 11.3 Å². The van der Waals surface area contributed by atoms with Gasteiger partial charge in [-0.25, -0.2) is 0 Å². The lowest BCUT2D eigenvalue weighted by Gasteiger charge is -2.10. The number of nitriles is 1. The molecule has 1 N–H and O–H groups in total. The van der Waals surface area contributed by atoms with Crippen LogP contribution in [0.5, 0.6) is 0 Å². The molecule has 1 aromatic heterocycles. The number of anilines is 1. The fourth-order valence-electron chi connectivity index (χ4n) is 1.91. The molecular formula is C13H13N3O. The van der Waals surface area contributed by atoms with Gasteiger partial charge in [0, 0.05) is 31.3 Å². The highest BCUT2D eigenvalue weighted by molar-refractivity contribution is 5.95. The summed E-state index contributed by atoms with van der Waals surface area (Å²) in [5.74, 6) is 0. The van der Waals surface area contributed by atoms with Gasteiger partial charge in [-0.3, -0.25) is 4.98 Å². The fraction of sp³-hybridized carbons (Fsp3) is 0.231. The van der Waals surface area contributed by atoms with E-state index in [4.69, 9.17) is 10.00 Å². The van der Waals surface area contributed by atoms with Gasteiger partial charge in [-0.2, -0.15) is 5.26 Å². The van der Waals surface area contributed by atoms with Crippen LogP contribution in [-0.2, 0) is 11.3 Å². The molecule has 0 bridgehead atoms. The second-order valence-corrected chi connectivity index (χ2v) is 3.65. The molecule has 0 radical (unpaired) electrons. The van der Waals surface area contributed by atoms with Crippen molar-refractivity contribution in [1.29, 1.82) is 5.26 Å². The number of methoxy groups -OCH3 is 1. The SMILES string of the molecule is CNc1c(C#N)cnc2c(COC)cccc12. The lowest BCUT2D eigenvalue weighted by molar-refractivity contribution is 0.186. The molecule has 1 heterocycles. The van der Waals surface area contributed by atoms with Gasteiger partial charge in [0.2, 0.25) is 0 Å². The van der Waals surface area contributed by atoms with Gasteiger partial charge >= 0.3 is 0 Å².